The number of nitrogens with zero attached hydrogens (tertiary/aromatic N) is 1. The molecular formula is C17H25FN2O2. The van der Waals surface area contributed by atoms with Crippen LogP contribution in [0.2, 0.25) is 0 Å². The average Bonchev–Trinajstić information content (AvgIpc) is 2.99. The Bertz CT molecular complexity index is 489. The lowest BCUT2D eigenvalue weighted by Crippen LogP contribution is -2.42. The molecule has 1 aromatic carbocycles. The predicted molar refractivity (Wildman–Crippen MR) is 83.9 cm³/mol. The lowest BCUT2D eigenvalue weighted by Gasteiger charge is -2.28. The van der Waals surface area contributed by atoms with Crippen LogP contribution in [0.3, 0.4) is 0 Å². The molecule has 2 atom stereocenters. The van der Waals surface area contributed by atoms with Crippen molar-refractivity contribution in [1.29, 1.82) is 0 Å². The number of ether oxygens (including phenoxy) is 1. The van der Waals surface area contributed by atoms with E-state index in [0.29, 0.717) is 19.6 Å². The number of nitrogens with one attached hydrogen (secondary N) is 1. The van der Waals surface area contributed by atoms with Gasteiger partial charge in [-0.1, -0.05) is 19.1 Å². The molecule has 1 saturated heterocycles. The Morgan fingerprint density at radius 2 is 2.36 bits per heavy atom. The van der Waals surface area contributed by atoms with Crippen LogP contribution >= 0.6 is 0 Å². The second-order valence-corrected chi connectivity index (χ2v) is 5.94. The Balaban J connectivity index is 2.07. The van der Waals surface area contributed by atoms with Crippen LogP contribution in [-0.4, -0.2) is 43.7 Å². The zero-order chi connectivity index (χ0) is 15.9. The molecule has 122 valence electrons. The molecule has 22 heavy (non-hydrogen) atoms. The third-order valence-corrected chi connectivity index (χ3v) is 3.95. The molecule has 1 fully saturated rings. The normalized spacial score (nSPS) is 19.1. The first-order valence-electron chi connectivity index (χ1n) is 7.89. The second-order valence-electron chi connectivity index (χ2n) is 5.94. The number of carbonyl (C=O) groups excluding carboxylic acids is 1. The van der Waals surface area contributed by atoms with Crippen molar-refractivity contribution in [3.8, 4) is 0 Å². The maximum Gasteiger partial charge on any atom is 0.227 e. The van der Waals surface area contributed by atoms with E-state index < -0.39 is 0 Å². The SMILES string of the molecule is CNCC(C)C(=O)N(Cc1cccc(F)c1)CC1CCCO1. The number of hydrogen-bond acceptors (Lipinski definition) is 3. The number of rotatable bonds is 7. The van der Waals surface area contributed by atoms with Crippen LogP contribution in [0.4, 0.5) is 4.39 Å². The molecular weight excluding hydrogens is 283 g/mol. The van der Waals surface area contributed by atoms with Crippen molar-refractivity contribution in [3.63, 3.8) is 0 Å². The molecule has 0 spiro atoms. The van der Waals surface area contributed by atoms with Crippen molar-refractivity contribution >= 4 is 5.91 Å². The summed E-state index contributed by atoms with van der Waals surface area (Å²) in [6.45, 7) is 4.30. The van der Waals surface area contributed by atoms with Crippen LogP contribution in [0.15, 0.2) is 24.3 Å². The molecule has 1 aromatic rings. The zero-order valence-corrected chi connectivity index (χ0v) is 13.3. The van der Waals surface area contributed by atoms with Gasteiger partial charge in [0, 0.05) is 32.2 Å². The van der Waals surface area contributed by atoms with E-state index in [1.807, 2.05) is 20.0 Å². The molecule has 0 radical (unpaired) electrons. The number of halogens is 1. The topological polar surface area (TPSA) is 41.6 Å². The molecule has 1 heterocycles. The van der Waals surface area contributed by atoms with Gasteiger partial charge in [-0.05, 0) is 37.6 Å². The quantitative estimate of drug-likeness (QED) is 0.839. The number of benzene rings is 1. The second kappa shape index (κ2) is 8.25. The molecule has 1 amide bonds. The van der Waals surface area contributed by atoms with Crippen molar-refractivity contribution in [2.45, 2.75) is 32.4 Å². The van der Waals surface area contributed by atoms with Crippen LogP contribution < -0.4 is 5.32 Å². The molecule has 4 nitrogen and oxygen atoms in total. The highest BCUT2D eigenvalue weighted by Crippen LogP contribution is 2.17. The summed E-state index contributed by atoms with van der Waals surface area (Å²) in [4.78, 5) is 14.4. The fourth-order valence-corrected chi connectivity index (χ4v) is 2.83. The monoisotopic (exact) mass is 308 g/mol. The van der Waals surface area contributed by atoms with Crippen molar-refractivity contribution in [2.24, 2.45) is 5.92 Å². The summed E-state index contributed by atoms with van der Waals surface area (Å²) in [7, 11) is 1.83. The van der Waals surface area contributed by atoms with Crippen molar-refractivity contribution in [1.82, 2.24) is 10.2 Å². The van der Waals surface area contributed by atoms with Gasteiger partial charge in [-0.3, -0.25) is 4.79 Å². The highest BCUT2D eigenvalue weighted by molar-refractivity contribution is 5.78. The maximum absolute atomic E-state index is 13.4. The first-order chi connectivity index (χ1) is 10.6. The van der Waals surface area contributed by atoms with Crippen LogP contribution in [0, 0.1) is 11.7 Å². The average molecular weight is 308 g/mol. The van der Waals surface area contributed by atoms with Gasteiger partial charge in [-0.25, -0.2) is 4.39 Å². The van der Waals surface area contributed by atoms with Crippen LogP contribution in [-0.2, 0) is 16.1 Å². The predicted octanol–water partition coefficient (Wildman–Crippen LogP) is 2.19. The van der Waals surface area contributed by atoms with Gasteiger partial charge in [-0.15, -0.1) is 0 Å². The van der Waals surface area contributed by atoms with Gasteiger partial charge < -0.3 is 15.0 Å². The molecule has 0 aliphatic carbocycles. The standard InChI is InChI=1S/C17H25FN2O2/c1-13(10-19-2)17(21)20(12-16-7-4-8-22-16)11-14-5-3-6-15(18)9-14/h3,5-6,9,13,16,19H,4,7-8,10-12H2,1-2H3. The van der Waals surface area contributed by atoms with Crippen molar-refractivity contribution in [2.75, 3.05) is 26.7 Å². The van der Waals surface area contributed by atoms with Crippen LogP contribution in [0.25, 0.3) is 0 Å². The maximum atomic E-state index is 13.4. The van der Waals surface area contributed by atoms with Gasteiger partial charge in [0.1, 0.15) is 5.82 Å². The van der Waals surface area contributed by atoms with Crippen LogP contribution in [0.1, 0.15) is 25.3 Å². The lowest BCUT2D eigenvalue weighted by molar-refractivity contribution is -0.137. The Kier molecular flexibility index (Phi) is 6.34. The Labute approximate surface area is 131 Å². The van der Waals surface area contributed by atoms with E-state index in [2.05, 4.69) is 5.32 Å². The summed E-state index contributed by atoms with van der Waals surface area (Å²) in [5.41, 5.74) is 0.808. The number of amides is 1. The molecule has 0 bridgehead atoms. The van der Waals surface area contributed by atoms with Crippen LogP contribution in [0.5, 0.6) is 0 Å². The molecule has 0 aromatic heterocycles. The highest BCUT2D eigenvalue weighted by Gasteiger charge is 2.25. The number of hydrogen-bond donors (Lipinski definition) is 1. The third-order valence-electron chi connectivity index (χ3n) is 3.95. The van der Waals surface area contributed by atoms with E-state index in [1.54, 1.807) is 11.0 Å². The summed E-state index contributed by atoms with van der Waals surface area (Å²) < 4.78 is 19.0. The molecule has 5 heteroatoms. The summed E-state index contributed by atoms with van der Waals surface area (Å²) in [5, 5.41) is 3.03. The Morgan fingerprint density at radius 3 is 3.00 bits per heavy atom. The van der Waals surface area contributed by atoms with Gasteiger partial charge in [0.25, 0.3) is 0 Å². The molecule has 0 saturated carbocycles. The fraction of sp³-hybridized carbons (Fsp3) is 0.588. The molecule has 1 aliphatic heterocycles. The van der Waals surface area contributed by atoms with E-state index in [-0.39, 0.29) is 23.7 Å². The molecule has 1 N–H and O–H groups in total. The van der Waals surface area contributed by atoms with E-state index in [0.717, 1.165) is 25.0 Å². The van der Waals surface area contributed by atoms with Gasteiger partial charge in [-0.2, -0.15) is 0 Å². The third kappa shape index (κ3) is 4.78. The minimum Gasteiger partial charge on any atom is -0.376 e. The van der Waals surface area contributed by atoms with Gasteiger partial charge in [0.2, 0.25) is 5.91 Å². The number of carbonyl (C=O) groups is 1. The summed E-state index contributed by atoms with van der Waals surface area (Å²) in [6.07, 6.45) is 2.12. The van der Waals surface area contributed by atoms with Crippen molar-refractivity contribution < 1.29 is 13.9 Å². The molecule has 2 rings (SSSR count). The van der Waals surface area contributed by atoms with E-state index in [9.17, 15) is 9.18 Å². The molecule has 2 unspecified atom stereocenters. The van der Waals surface area contributed by atoms with Crippen molar-refractivity contribution in [3.05, 3.63) is 35.6 Å². The minimum absolute atomic E-state index is 0.0779. The fourth-order valence-electron chi connectivity index (χ4n) is 2.83. The summed E-state index contributed by atoms with van der Waals surface area (Å²) in [6, 6.07) is 6.43. The Morgan fingerprint density at radius 1 is 1.55 bits per heavy atom. The van der Waals surface area contributed by atoms with Gasteiger partial charge in [0.05, 0.1) is 6.10 Å². The molecule has 1 aliphatic rings. The largest absolute Gasteiger partial charge is 0.376 e. The van der Waals surface area contributed by atoms with Gasteiger partial charge in [0.15, 0.2) is 0 Å². The summed E-state index contributed by atoms with van der Waals surface area (Å²) in [5.74, 6) is -0.306. The first kappa shape index (κ1) is 16.9. The van der Waals surface area contributed by atoms with E-state index >= 15 is 0 Å². The highest BCUT2D eigenvalue weighted by atomic mass is 19.1. The zero-order valence-electron chi connectivity index (χ0n) is 13.3. The minimum atomic E-state index is -0.273. The lowest BCUT2D eigenvalue weighted by atomic mass is 10.1. The Hall–Kier alpha value is -1.46. The van der Waals surface area contributed by atoms with E-state index in [4.69, 9.17) is 4.74 Å². The first-order valence-corrected chi connectivity index (χ1v) is 7.89. The van der Waals surface area contributed by atoms with Gasteiger partial charge >= 0.3 is 0 Å². The van der Waals surface area contributed by atoms with E-state index in [1.165, 1.54) is 12.1 Å². The summed E-state index contributed by atoms with van der Waals surface area (Å²) >= 11 is 0. The smallest absolute Gasteiger partial charge is 0.227 e.